The number of carbonyl (C=O) groups is 1. The molecule has 0 aliphatic heterocycles. The Kier molecular flexibility index (Phi) is 6.58. The van der Waals surface area contributed by atoms with Gasteiger partial charge in [0.15, 0.2) is 11.5 Å². The number of phenols is 1. The maximum atomic E-state index is 11.4. The molecule has 0 aliphatic carbocycles. The van der Waals surface area contributed by atoms with E-state index in [-0.39, 0.29) is 18.1 Å². The van der Waals surface area contributed by atoms with Gasteiger partial charge in [0.05, 0.1) is 44.7 Å². The first-order chi connectivity index (χ1) is 12.1. The van der Waals surface area contributed by atoms with Crippen LogP contribution in [0.5, 0.6) is 17.2 Å². The summed E-state index contributed by atoms with van der Waals surface area (Å²) in [6.45, 7) is 2.09. The fourth-order valence-corrected chi connectivity index (χ4v) is 2.65. The van der Waals surface area contributed by atoms with Crippen LogP contribution in [0, 0.1) is 0 Å². The van der Waals surface area contributed by atoms with Crippen molar-refractivity contribution in [1.82, 2.24) is 4.98 Å². The molecule has 2 N–H and O–H groups in total. The number of benzene rings is 1. The van der Waals surface area contributed by atoms with E-state index in [1.165, 1.54) is 31.8 Å². The molecule has 0 saturated heterocycles. The fourth-order valence-electron chi connectivity index (χ4n) is 1.99. The third-order valence-electron chi connectivity index (χ3n) is 3.12. The van der Waals surface area contributed by atoms with E-state index in [2.05, 4.69) is 15.5 Å². The number of nitrogens with zero attached hydrogens (tertiary/aromatic N) is 2. The second-order valence-electron chi connectivity index (χ2n) is 4.73. The van der Waals surface area contributed by atoms with Crippen LogP contribution in [0.1, 0.15) is 18.2 Å². The lowest BCUT2D eigenvalue weighted by Crippen LogP contribution is -2.07. The number of anilines is 1. The molecule has 1 aromatic carbocycles. The number of hydrogen-bond donors (Lipinski definition) is 2. The number of aromatic nitrogens is 1. The lowest BCUT2D eigenvalue weighted by Gasteiger charge is -2.09. The number of rotatable bonds is 8. The van der Waals surface area contributed by atoms with Gasteiger partial charge in [0.2, 0.25) is 5.13 Å². The standard InChI is InChI=1S/C16H19N3O5S/c1-4-24-14(20)7-10-9-25-16(18-10)19-17-8-11-12(22-2)5-6-13(23-3)15(11)21/h5-6,8-9,21H,4,7H2,1-3H3,(H,18,19). The number of esters is 1. The number of thiazole rings is 1. The van der Waals surface area contributed by atoms with Crippen LogP contribution in [0.15, 0.2) is 22.6 Å². The van der Waals surface area contributed by atoms with Gasteiger partial charge in [-0.3, -0.25) is 10.2 Å². The van der Waals surface area contributed by atoms with E-state index in [4.69, 9.17) is 14.2 Å². The summed E-state index contributed by atoms with van der Waals surface area (Å²) in [4.78, 5) is 15.7. The summed E-state index contributed by atoms with van der Waals surface area (Å²) in [5.41, 5.74) is 3.72. The zero-order valence-corrected chi connectivity index (χ0v) is 14.9. The Bertz CT molecular complexity index is 760. The van der Waals surface area contributed by atoms with Crippen molar-refractivity contribution in [3.8, 4) is 17.2 Å². The molecule has 0 aliphatic rings. The van der Waals surface area contributed by atoms with Gasteiger partial charge in [-0.1, -0.05) is 0 Å². The second kappa shape index (κ2) is 8.88. The van der Waals surface area contributed by atoms with Gasteiger partial charge in [0.25, 0.3) is 0 Å². The van der Waals surface area contributed by atoms with Crippen LogP contribution in [0.3, 0.4) is 0 Å². The van der Waals surface area contributed by atoms with Crippen LogP contribution in [-0.2, 0) is 16.0 Å². The Hall–Kier alpha value is -2.81. The van der Waals surface area contributed by atoms with Crippen molar-refractivity contribution in [3.63, 3.8) is 0 Å². The minimum absolute atomic E-state index is 0.0745. The molecule has 25 heavy (non-hydrogen) atoms. The molecule has 0 atom stereocenters. The number of aromatic hydroxyl groups is 1. The highest BCUT2D eigenvalue weighted by molar-refractivity contribution is 7.13. The van der Waals surface area contributed by atoms with E-state index < -0.39 is 0 Å². The third kappa shape index (κ3) is 4.83. The smallest absolute Gasteiger partial charge is 0.311 e. The molecule has 2 aromatic rings. The first-order valence-electron chi connectivity index (χ1n) is 7.42. The summed E-state index contributed by atoms with van der Waals surface area (Å²) in [5, 5.41) is 16.5. The molecule has 1 heterocycles. The highest BCUT2D eigenvalue weighted by atomic mass is 32.1. The highest BCUT2D eigenvalue weighted by Gasteiger charge is 2.12. The van der Waals surface area contributed by atoms with E-state index in [0.29, 0.717) is 34.5 Å². The molecular formula is C16H19N3O5S. The number of phenolic OH excluding ortho intramolecular Hbond substituents is 1. The molecule has 134 valence electrons. The summed E-state index contributed by atoms with van der Waals surface area (Å²) in [6, 6.07) is 3.27. The number of methoxy groups -OCH3 is 2. The Morgan fingerprint density at radius 2 is 2.08 bits per heavy atom. The van der Waals surface area contributed by atoms with Gasteiger partial charge in [0.1, 0.15) is 5.75 Å². The van der Waals surface area contributed by atoms with Gasteiger partial charge in [-0.25, -0.2) is 4.98 Å². The molecule has 1 aromatic heterocycles. The van der Waals surface area contributed by atoms with E-state index in [1.54, 1.807) is 24.4 Å². The molecule has 0 spiro atoms. The topological polar surface area (TPSA) is 102 Å². The Balaban J connectivity index is 2.06. The van der Waals surface area contributed by atoms with Gasteiger partial charge >= 0.3 is 5.97 Å². The van der Waals surface area contributed by atoms with Gasteiger partial charge in [-0.2, -0.15) is 5.10 Å². The zero-order valence-electron chi connectivity index (χ0n) is 14.1. The van der Waals surface area contributed by atoms with Crippen LogP contribution in [0.25, 0.3) is 0 Å². The minimum Gasteiger partial charge on any atom is -0.504 e. The Morgan fingerprint density at radius 1 is 1.36 bits per heavy atom. The van der Waals surface area contributed by atoms with Crippen molar-refractivity contribution in [2.45, 2.75) is 13.3 Å². The number of carbonyl (C=O) groups excluding carboxylic acids is 1. The minimum atomic E-state index is -0.325. The van der Waals surface area contributed by atoms with Crippen molar-refractivity contribution in [1.29, 1.82) is 0 Å². The molecule has 0 fully saturated rings. The predicted octanol–water partition coefficient (Wildman–Crippen LogP) is 2.42. The van der Waals surface area contributed by atoms with E-state index in [0.717, 1.165) is 0 Å². The van der Waals surface area contributed by atoms with Crippen LogP contribution >= 0.6 is 11.3 Å². The average molecular weight is 365 g/mol. The molecule has 9 heteroatoms. The number of hydrazone groups is 1. The maximum absolute atomic E-state index is 11.4. The average Bonchev–Trinajstić information content (AvgIpc) is 3.03. The monoisotopic (exact) mass is 365 g/mol. The summed E-state index contributed by atoms with van der Waals surface area (Å²) < 4.78 is 15.1. The van der Waals surface area contributed by atoms with Gasteiger partial charge in [-0.15, -0.1) is 11.3 Å². The Morgan fingerprint density at radius 3 is 2.76 bits per heavy atom. The zero-order chi connectivity index (χ0) is 18.2. The van der Waals surface area contributed by atoms with Gasteiger partial charge in [0, 0.05) is 5.38 Å². The second-order valence-corrected chi connectivity index (χ2v) is 5.59. The first kappa shape index (κ1) is 18.5. The summed E-state index contributed by atoms with van der Waals surface area (Å²) >= 11 is 1.30. The molecule has 0 saturated carbocycles. The van der Waals surface area contributed by atoms with Crippen LogP contribution < -0.4 is 14.9 Å². The number of hydrogen-bond acceptors (Lipinski definition) is 9. The van der Waals surface area contributed by atoms with E-state index in [1.807, 2.05) is 0 Å². The molecule has 0 radical (unpaired) electrons. The van der Waals surface area contributed by atoms with Gasteiger partial charge in [-0.05, 0) is 19.1 Å². The highest BCUT2D eigenvalue weighted by Crippen LogP contribution is 2.35. The normalized spacial score (nSPS) is 10.7. The largest absolute Gasteiger partial charge is 0.504 e. The molecule has 8 nitrogen and oxygen atoms in total. The SMILES string of the molecule is CCOC(=O)Cc1csc(NN=Cc2c(OC)ccc(OC)c2O)n1. The van der Waals surface area contributed by atoms with Gasteiger partial charge < -0.3 is 19.3 Å². The fraction of sp³-hybridized carbons (Fsp3) is 0.312. The number of ether oxygens (including phenoxy) is 3. The van der Waals surface area contributed by atoms with E-state index >= 15 is 0 Å². The van der Waals surface area contributed by atoms with Crippen molar-refractivity contribution in [2.75, 3.05) is 26.3 Å². The van der Waals surface area contributed by atoms with Crippen molar-refractivity contribution in [2.24, 2.45) is 5.10 Å². The Labute approximate surface area is 149 Å². The molecule has 2 rings (SSSR count). The quantitative estimate of drug-likeness (QED) is 0.421. The van der Waals surface area contributed by atoms with Crippen LogP contribution in [-0.4, -0.2) is 43.1 Å². The molecular weight excluding hydrogens is 346 g/mol. The first-order valence-corrected chi connectivity index (χ1v) is 8.30. The number of nitrogens with one attached hydrogen (secondary N) is 1. The van der Waals surface area contributed by atoms with Crippen LogP contribution in [0.4, 0.5) is 5.13 Å². The summed E-state index contributed by atoms with van der Waals surface area (Å²) in [6.07, 6.45) is 1.52. The van der Waals surface area contributed by atoms with Crippen molar-refractivity contribution < 1.29 is 24.1 Å². The van der Waals surface area contributed by atoms with Crippen LogP contribution in [0.2, 0.25) is 0 Å². The van der Waals surface area contributed by atoms with E-state index in [9.17, 15) is 9.90 Å². The molecule has 0 bridgehead atoms. The lowest BCUT2D eigenvalue weighted by molar-refractivity contribution is -0.142. The maximum Gasteiger partial charge on any atom is 0.311 e. The van der Waals surface area contributed by atoms with Crippen molar-refractivity contribution in [3.05, 3.63) is 28.8 Å². The molecule has 0 amide bonds. The predicted molar refractivity (Wildman–Crippen MR) is 94.9 cm³/mol. The summed E-state index contributed by atoms with van der Waals surface area (Å²) in [5.74, 6) is 0.364. The lowest BCUT2D eigenvalue weighted by atomic mass is 10.2. The van der Waals surface area contributed by atoms with Crippen molar-refractivity contribution >= 4 is 28.7 Å². The molecule has 0 unspecified atom stereocenters. The summed E-state index contributed by atoms with van der Waals surface area (Å²) in [7, 11) is 2.95. The third-order valence-corrected chi connectivity index (χ3v) is 3.91.